The third kappa shape index (κ3) is 5.68. The quantitative estimate of drug-likeness (QED) is 0.632. The van der Waals surface area contributed by atoms with E-state index in [-0.39, 0.29) is 5.91 Å². The molecule has 0 unspecified atom stereocenters. The first-order valence-corrected chi connectivity index (χ1v) is 10.4. The minimum absolute atomic E-state index is 0.0916. The number of aromatic nitrogens is 1. The van der Waals surface area contributed by atoms with E-state index in [4.69, 9.17) is 10.5 Å². The molecule has 0 aliphatic carbocycles. The van der Waals surface area contributed by atoms with Crippen LogP contribution in [-0.2, 0) is 17.0 Å². The molecule has 1 N–H and O–H groups in total. The molecule has 7 heteroatoms. The van der Waals surface area contributed by atoms with Gasteiger partial charge in [0.25, 0.3) is 0 Å². The van der Waals surface area contributed by atoms with Crippen LogP contribution in [0.1, 0.15) is 27.1 Å². The van der Waals surface area contributed by atoms with Crippen LogP contribution in [0.4, 0.5) is 5.13 Å². The number of anilines is 1. The van der Waals surface area contributed by atoms with Crippen molar-refractivity contribution in [3.8, 4) is 12.1 Å². The molecule has 0 spiro atoms. The predicted molar refractivity (Wildman–Crippen MR) is 112 cm³/mol. The molecule has 1 amide bonds. The maximum absolute atomic E-state index is 12.1. The number of hydrogen-bond donors (Lipinski definition) is 1. The van der Waals surface area contributed by atoms with Gasteiger partial charge in [-0.1, -0.05) is 24.3 Å². The van der Waals surface area contributed by atoms with Crippen LogP contribution in [0.5, 0.6) is 0 Å². The van der Waals surface area contributed by atoms with Crippen LogP contribution >= 0.6 is 23.1 Å². The second kappa shape index (κ2) is 9.70. The summed E-state index contributed by atoms with van der Waals surface area (Å²) < 4.78 is 0. The first kappa shape index (κ1) is 19.6. The highest BCUT2D eigenvalue weighted by molar-refractivity contribution is 7.99. The van der Waals surface area contributed by atoms with Crippen molar-refractivity contribution in [3.05, 3.63) is 81.9 Å². The Bertz CT molecular complexity index is 1050. The summed E-state index contributed by atoms with van der Waals surface area (Å²) in [6.45, 7) is 0. The fourth-order valence-electron chi connectivity index (χ4n) is 2.49. The molecule has 5 nitrogen and oxygen atoms in total. The Hall–Kier alpha value is -3.13. The molecule has 0 atom stereocenters. The molecule has 0 fully saturated rings. The van der Waals surface area contributed by atoms with Crippen LogP contribution in [0.2, 0.25) is 0 Å². The van der Waals surface area contributed by atoms with E-state index in [0.717, 1.165) is 16.0 Å². The lowest BCUT2D eigenvalue weighted by molar-refractivity contribution is -0.113. The van der Waals surface area contributed by atoms with Crippen LogP contribution in [0, 0.1) is 22.7 Å². The summed E-state index contributed by atoms with van der Waals surface area (Å²) in [4.78, 5) is 17.4. The zero-order chi connectivity index (χ0) is 19.8. The van der Waals surface area contributed by atoms with Gasteiger partial charge >= 0.3 is 0 Å². The van der Waals surface area contributed by atoms with E-state index in [9.17, 15) is 4.79 Å². The van der Waals surface area contributed by atoms with Crippen molar-refractivity contribution in [1.82, 2.24) is 4.98 Å². The minimum Gasteiger partial charge on any atom is -0.301 e. The number of carbonyl (C=O) groups excluding carboxylic acids is 1. The maximum Gasteiger partial charge on any atom is 0.236 e. The summed E-state index contributed by atoms with van der Waals surface area (Å²) in [6.07, 6.45) is 2.43. The van der Waals surface area contributed by atoms with E-state index < -0.39 is 0 Å². The zero-order valence-corrected chi connectivity index (χ0v) is 16.5. The van der Waals surface area contributed by atoms with Gasteiger partial charge in [0.15, 0.2) is 5.13 Å². The number of amides is 1. The Kier molecular flexibility index (Phi) is 6.80. The Labute approximate surface area is 171 Å². The lowest BCUT2D eigenvalue weighted by Gasteiger charge is -2.03. The van der Waals surface area contributed by atoms with Crippen molar-refractivity contribution < 1.29 is 4.79 Å². The van der Waals surface area contributed by atoms with Crippen molar-refractivity contribution in [1.29, 1.82) is 10.5 Å². The molecule has 0 aliphatic rings. The number of hydrogen-bond acceptors (Lipinski definition) is 6. The molecule has 1 aromatic heterocycles. The molecule has 0 saturated carbocycles. The van der Waals surface area contributed by atoms with Gasteiger partial charge in [0, 0.05) is 23.2 Å². The highest BCUT2D eigenvalue weighted by atomic mass is 32.2. The lowest BCUT2D eigenvalue weighted by Crippen LogP contribution is -2.13. The molecule has 0 radical (unpaired) electrons. The largest absolute Gasteiger partial charge is 0.301 e. The first-order valence-electron chi connectivity index (χ1n) is 8.46. The molecule has 0 saturated heterocycles. The second-order valence-corrected chi connectivity index (χ2v) is 8.07. The van der Waals surface area contributed by atoms with Gasteiger partial charge in [0.1, 0.15) is 0 Å². The van der Waals surface area contributed by atoms with Crippen LogP contribution < -0.4 is 5.32 Å². The summed E-state index contributed by atoms with van der Waals surface area (Å²) in [7, 11) is 0. The van der Waals surface area contributed by atoms with Crippen molar-refractivity contribution in [2.75, 3.05) is 11.1 Å². The van der Waals surface area contributed by atoms with Gasteiger partial charge in [0.05, 0.1) is 29.0 Å². The van der Waals surface area contributed by atoms with Gasteiger partial charge in [0.2, 0.25) is 5.91 Å². The minimum atomic E-state index is -0.0916. The van der Waals surface area contributed by atoms with Gasteiger partial charge in [-0.2, -0.15) is 10.5 Å². The van der Waals surface area contributed by atoms with Gasteiger partial charge in [-0.05, 0) is 35.4 Å². The topological polar surface area (TPSA) is 89.6 Å². The third-order valence-electron chi connectivity index (χ3n) is 3.82. The van der Waals surface area contributed by atoms with Crippen LogP contribution in [0.15, 0.2) is 54.7 Å². The van der Waals surface area contributed by atoms with E-state index in [1.165, 1.54) is 23.1 Å². The fourth-order valence-corrected chi connectivity index (χ4v) is 4.14. The molecular weight excluding hydrogens is 388 g/mol. The molecule has 3 aromatic rings. The monoisotopic (exact) mass is 404 g/mol. The summed E-state index contributed by atoms with van der Waals surface area (Å²) >= 11 is 2.95. The molecule has 0 bridgehead atoms. The number of thiazole rings is 1. The Morgan fingerprint density at radius 3 is 2.61 bits per heavy atom. The normalized spacial score (nSPS) is 10.1. The van der Waals surface area contributed by atoms with E-state index >= 15 is 0 Å². The summed E-state index contributed by atoms with van der Waals surface area (Å²) in [5, 5.41) is 21.2. The van der Waals surface area contributed by atoms with Crippen LogP contribution in [-0.4, -0.2) is 16.6 Å². The van der Waals surface area contributed by atoms with Gasteiger partial charge in [-0.25, -0.2) is 4.98 Å². The zero-order valence-electron chi connectivity index (χ0n) is 14.9. The smallest absolute Gasteiger partial charge is 0.236 e. The standard InChI is InChI=1S/C21H16N4OS2/c22-10-15-4-6-16(7-5-15)13-27-14-20(26)25-21-24-12-19(28-21)9-17-2-1-3-18(8-17)11-23/h1-8,12H,9,13-14H2,(H,24,25,26). The highest BCUT2D eigenvalue weighted by Gasteiger charge is 2.08. The van der Waals surface area contributed by atoms with Crippen molar-refractivity contribution in [3.63, 3.8) is 0 Å². The molecule has 2 aromatic carbocycles. The second-order valence-electron chi connectivity index (χ2n) is 5.97. The van der Waals surface area contributed by atoms with E-state index in [2.05, 4.69) is 22.4 Å². The fraction of sp³-hybridized carbons (Fsp3) is 0.143. The van der Waals surface area contributed by atoms with Gasteiger partial charge in [-0.3, -0.25) is 4.79 Å². The van der Waals surface area contributed by atoms with E-state index in [1.807, 2.05) is 30.3 Å². The number of thioether (sulfide) groups is 1. The number of carbonyl (C=O) groups is 1. The van der Waals surface area contributed by atoms with Crippen molar-refractivity contribution in [2.24, 2.45) is 0 Å². The van der Waals surface area contributed by atoms with Crippen LogP contribution in [0.25, 0.3) is 0 Å². The number of nitrogens with zero attached hydrogens (tertiary/aromatic N) is 3. The number of nitrogens with one attached hydrogen (secondary N) is 1. The SMILES string of the molecule is N#Cc1ccc(CSCC(=O)Nc2ncc(Cc3cccc(C#N)c3)s2)cc1. The third-order valence-corrected chi connectivity index (χ3v) is 5.74. The van der Waals surface area contributed by atoms with Crippen molar-refractivity contribution in [2.45, 2.75) is 12.2 Å². The molecule has 0 aliphatic heterocycles. The van der Waals surface area contributed by atoms with Crippen molar-refractivity contribution >= 4 is 34.1 Å². The maximum atomic E-state index is 12.1. The summed E-state index contributed by atoms with van der Waals surface area (Å²) in [5.74, 6) is 0.947. The summed E-state index contributed by atoms with van der Waals surface area (Å²) in [5.41, 5.74) is 3.38. The number of benzene rings is 2. The highest BCUT2D eigenvalue weighted by Crippen LogP contribution is 2.22. The Morgan fingerprint density at radius 2 is 1.86 bits per heavy atom. The predicted octanol–water partition coefficient (Wildman–Crippen LogP) is 4.35. The van der Waals surface area contributed by atoms with Crippen LogP contribution in [0.3, 0.4) is 0 Å². The summed E-state index contributed by atoms with van der Waals surface area (Å²) in [6, 6.07) is 19.0. The number of rotatable bonds is 7. The van der Waals surface area contributed by atoms with Gasteiger partial charge < -0.3 is 5.32 Å². The average molecular weight is 405 g/mol. The molecule has 3 rings (SSSR count). The van der Waals surface area contributed by atoms with Gasteiger partial charge in [-0.15, -0.1) is 23.1 Å². The number of nitriles is 2. The molecule has 28 heavy (non-hydrogen) atoms. The molecule has 138 valence electrons. The Balaban J connectivity index is 1.46. The Morgan fingerprint density at radius 1 is 1.07 bits per heavy atom. The average Bonchev–Trinajstić information content (AvgIpc) is 3.15. The molecular formula is C21H16N4OS2. The van der Waals surface area contributed by atoms with E-state index in [0.29, 0.717) is 34.2 Å². The van der Waals surface area contributed by atoms with E-state index in [1.54, 1.807) is 24.4 Å². The lowest BCUT2D eigenvalue weighted by atomic mass is 10.1. The first-order chi connectivity index (χ1) is 13.7. The molecule has 1 heterocycles.